The Bertz CT molecular complexity index is 197. The molecule has 0 spiro atoms. The van der Waals surface area contributed by atoms with Crippen molar-refractivity contribution in [1.82, 2.24) is 0 Å². The molecule has 0 aliphatic heterocycles. The van der Waals surface area contributed by atoms with Gasteiger partial charge in [-0.15, -0.1) is 17.0 Å². The van der Waals surface area contributed by atoms with Crippen molar-refractivity contribution >= 4 is 50.5 Å². The van der Waals surface area contributed by atoms with Crippen LogP contribution in [0.1, 0.15) is 0 Å². The number of nitrogens with two attached hydrogens (primary N) is 2. The molecule has 0 bridgehead atoms. The van der Waals surface area contributed by atoms with Crippen molar-refractivity contribution < 1.29 is 19.8 Å². The molecule has 0 amide bonds. The molecule has 0 aromatic carbocycles. The summed E-state index contributed by atoms with van der Waals surface area (Å²) in [6.45, 7) is 0. The third-order valence-corrected chi connectivity index (χ3v) is 3.69. The summed E-state index contributed by atoms with van der Waals surface area (Å²) in [4.78, 5) is 20.5. The van der Waals surface area contributed by atoms with E-state index in [1.165, 1.54) is 21.6 Å². The Labute approximate surface area is 105 Å². The first-order valence-electron chi connectivity index (χ1n) is 3.66. The standard InChI is InChI=1S/C6H12N2O4S2.BrH/c7-3(5(9)10)1-13-14-2-4(8)6(11)12;/h3-4H,1-2,7-8H2,(H,9,10)(H,11,12);1H/t3-,4?;/m0./s1. The number of hydrogen-bond acceptors (Lipinski definition) is 6. The van der Waals surface area contributed by atoms with Crippen LogP contribution in [0.15, 0.2) is 0 Å². The van der Waals surface area contributed by atoms with Crippen LogP contribution in [0.4, 0.5) is 0 Å². The molecule has 0 saturated carbocycles. The van der Waals surface area contributed by atoms with E-state index in [-0.39, 0.29) is 28.5 Å². The lowest BCUT2D eigenvalue weighted by atomic mass is 10.4. The quantitative estimate of drug-likeness (QED) is 0.374. The second kappa shape index (κ2) is 9.28. The van der Waals surface area contributed by atoms with Crippen LogP contribution in [-0.2, 0) is 9.59 Å². The molecular formula is C6H13BrN2O4S2. The summed E-state index contributed by atoms with van der Waals surface area (Å²) in [5.41, 5.74) is 10.4. The molecule has 1 unspecified atom stereocenters. The predicted octanol–water partition coefficient (Wildman–Crippen LogP) is -0.231. The zero-order valence-corrected chi connectivity index (χ0v) is 11.0. The van der Waals surface area contributed by atoms with Crippen molar-refractivity contribution in [2.75, 3.05) is 11.5 Å². The van der Waals surface area contributed by atoms with Gasteiger partial charge in [-0.05, 0) is 0 Å². The van der Waals surface area contributed by atoms with Crippen molar-refractivity contribution in [3.05, 3.63) is 0 Å². The first-order chi connectivity index (χ1) is 6.45. The van der Waals surface area contributed by atoms with Crippen molar-refractivity contribution in [2.45, 2.75) is 12.1 Å². The van der Waals surface area contributed by atoms with Gasteiger partial charge in [-0.2, -0.15) is 0 Å². The summed E-state index contributed by atoms with van der Waals surface area (Å²) in [5.74, 6) is -1.68. The van der Waals surface area contributed by atoms with Gasteiger partial charge in [0.05, 0.1) is 0 Å². The molecule has 0 aliphatic carbocycles. The van der Waals surface area contributed by atoms with E-state index in [9.17, 15) is 9.59 Å². The van der Waals surface area contributed by atoms with Gasteiger partial charge in [0, 0.05) is 11.5 Å². The highest BCUT2D eigenvalue weighted by Crippen LogP contribution is 2.22. The van der Waals surface area contributed by atoms with Gasteiger partial charge in [0.1, 0.15) is 12.1 Å². The molecule has 0 heterocycles. The maximum atomic E-state index is 10.3. The fourth-order valence-electron chi connectivity index (χ4n) is 0.385. The number of halogens is 1. The number of aliphatic carboxylic acids is 2. The van der Waals surface area contributed by atoms with E-state index in [2.05, 4.69) is 0 Å². The second-order valence-corrected chi connectivity index (χ2v) is 5.01. The Morgan fingerprint density at radius 1 is 1.00 bits per heavy atom. The fourth-order valence-corrected chi connectivity index (χ4v) is 2.61. The number of carboxylic acids is 2. The topological polar surface area (TPSA) is 127 Å². The van der Waals surface area contributed by atoms with Crippen molar-refractivity contribution in [3.8, 4) is 0 Å². The third kappa shape index (κ3) is 9.00. The van der Waals surface area contributed by atoms with Crippen LogP contribution in [0.5, 0.6) is 0 Å². The molecule has 0 rings (SSSR count). The van der Waals surface area contributed by atoms with E-state index >= 15 is 0 Å². The molecule has 0 aliphatic rings. The zero-order valence-electron chi connectivity index (χ0n) is 7.66. The summed E-state index contributed by atoms with van der Waals surface area (Å²) in [6, 6.07) is -1.85. The maximum Gasteiger partial charge on any atom is 0.321 e. The first-order valence-corrected chi connectivity index (χ1v) is 6.15. The van der Waals surface area contributed by atoms with Gasteiger partial charge >= 0.3 is 11.9 Å². The van der Waals surface area contributed by atoms with Crippen LogP contribution >= 0.6 is 38.6 Å². The Morgan fingerprint density at radius 2 is 1.27 bits per heavy atom. The molecule has 15 heavy (non-hydrogen) atoms. The summed E-state index contributed by atoms with van der Waals surface area (Å²) in [6.07, 6.45) is 0. The lowest BCUT2D eigenvalue weighted by Crippen LogP contribution is -2.33. The van der Waals surface area contributed by atoms with E-state index in [1.807, 2.05) is 0 Å². The average Bonchev–Trinajstić information content (AvgIpc) is 2.11. The van der Waals surface area contributed by atoms with E-state index in [0.29, 0.717) is 0 Å². The highest BCUT2D eigenvalue weighted by Gasteiger charge is 2.14. The molecule has 6 nitrogen and oxygen atoms in total. The molecule has 0 radical (unpaired) electrons. The van der Waals surface area contributed by atoms with E-state index in [1.54, 1.807) is 0 Å². The van der Waals surface area contributed by atoms with Crippen LogP contribution < -0.4 is 11.5 Å². The molecular weight excluding hydrogens is 308 g/mol. The van der Waals surface area contributed by atoms with E-state index in [0.717, 1.165) is 0 Å². The summed E-state index contributed by atoms with van der Waals surface area (Å²) in [7, 11) is 2.41. The van der Waals surface area contributed by atoms with Gasteiger partial charge in [-0.1, -0.05) is 21.6 Å². The first kappa shape index (κ1) is 17.4. The van der Waals surface area contributed by atoms with E-state index < -0.39 is 24.0 Å². The van der Waals surface area contributed by atoms with Gasteiger partial charge in [0.15, 0.2) is 0 Å². The Kier molecular flexibility index (Phi) is 10.8. The van der Waals surface area contributed by atoms with Crippen LogP contribution in [0.25, 0.3) is 0 Å². The zero-order chi connectivity index (χ0) is 11.1. The van der Waals surface area contributed by atoms with Gasteiger partial charge in [-0.25, -0.2) is 0 Å². The average molecular weight is 321 g/mol. The van der Waals surface area contributed by atoms with Gasteiger partial charge in [0.25, 0.3) is 0 Å². The normalized spacial score (nSPS) is 13.7. The Morgan fingerprint density at radius 3 is 1.47 bits per heavy atom. The largest absolute Gasteiger partial charge is 0.480 e. The monoisotopic (exact) mass is 320 g/mol. The van der Waals surface area contributed by atoms with Gasteiger partial charge in [-0.3, -0.25) is 9.59 Å². The molecule has 2 atom stereocenters. The van der Waals surface area contributed by atoms with Gasteiger partial charge < -0.3 is 21.7 Å². The maximum absolute atomic E-state index is 10.3. The SMILES string of the molecule is Br.NC(CSSC[C@H](N)C(=O)O)C(=O)O. The number of carboxylic acid groups (broad SMARTS) is 2. The molecule has 0 saturated heterocycles. The number of hydrogen-bond donors (Lipinski definition) is 4. The smallest absolute Gasteiger partial charge is 0.321 e. The minimum absolute atomic E-state index is 0. The van der Waals surface area contributed by atoms with Crippen molar-refractivity contribution in [2.24, 2.45) is 11.5 Å². The highest BCUT2D eigenvalue weighted by molar-refractivity contribution is 8.93. The van der Waals surface area contributed by atoms with E-state index in [4.69, 9.17) is 21.7 Å². The Balaban J connectivity index is 0. The molecule has 0 aromatic heterocycles. The highest BCUT2D eigenvalue weighted by atomic mass is 79.9. The summed E-state index contributed by atoms with van der Waals surface area (Å²) >= 11 is 0. The number of carbonyl (C=O) groups is 2. The van der Waals surface area contributed by atoms with Crippen LogP contribution in [0.3, 0.4) is 0 Å². The molecule has 0 fully saturated rings. The minimum Gasteiger partial charge on any atom is -0.480 e. The molecule has 9 heteroatoms. The molecule has 90 valence electrons. The van der Waals surface area contributed by atoms with Crippen LogP contribution in [-0.4, -0.2) is 45.7 Å². The van der Waals surface area contributed by atoms with Crippen molar-refractivity contribution in [3.63, 3.8) is 0 Å². The third-order valence-electron chi connectivity index (χ3n) is 1.21. The minimum atomic E-state index is -1.07. The van der Waals surface area contributed by atoms with Crippen LogP contribution in [0, 0.1) is 0 Å². The summed E-state index contributed by atoms with van der Waals surface area (Å²) in [5, 5.41) is 16.8. The lowest BCUT2D eigenvalue weighted by Gasteiger charge is -2.07. The second-order valence-electron chi connectivity index (χ2n) is 2.46. The van der Waals surface area contributed by atoms with Crippen molar-refractivity contribution in [1.29, 1.82) is 0 Å². The fraction of sp³-hybridized carbons (Fsp3) is 0.667. The lowest BCUT2D eigenvalue weighted by molar-refractivity contribution is -0.138. The Hall–Kier alpha value is 0.0400. The molecule has 0 aromatic rings. The molecule has 6 N–H and O–H groups in total. The van der Waals surface area contributed by atoms with Crippen LogP contribution in [0.2, 0.25) is 0 Å². The predicted molar refractivity (Wildman–Crippen MR) is 66.5 cm³/mol. The number of rotatable bonds is 7. The summed E-state index contributed by atoms with van der Waals surface area (Å²) < 4.78 is 0. The van der Waals surface area contributed by atoms with Gasteiger partial charge in [0.2, 0.25) is 0 Å².